The summed E-state index contributed by atoms with van der Waals surface area (Å²) >= 11 is 2.01. The number of carboxylic acid groups (broad SMARTS) is 1. The Labute approximate surface area is 112 Å². The molecule has 1 heterocycles. The molecule has 0 atom stereocenters. The lowest BCUT2D eigenvalue weighted by Crippen LogP contribution is -2.07. The summed E-state index contributed by atoms with van der Waals surface area (Å²) in [6, 6.07) is 8.00. The van der Waals surface area contributed by atoms with Crippen LogP contribution in [0, 0.1) is 10.6 Å². The molecule has 5 heteroatoms. The molecule has 2 rings (SSSR count). The summed E-state index contributed by atoms with van der Waals surface area (Å²) in [4.78, 5) is 10.9. The molecule has 4 nitrogen and oxygen atoms in total. The number of rotatable bonds is 3. The number of carbonyl (C=O) groups is 1. The standard InChI is InChI=1S/C12H11IN2O2/c1-8-4-2-3-5-9(8)7-15-11(13)10(6-14-15)12(16)17/h2-6H,7H2,1H3,(H,16,17). The van der Waals surface area contributed by atoms with E-state index in [2.05, 4.69) is 5.10 Å². The molecule has 1 N–H and O–H groups in total. The van der Waals surface area contributed by atoms with Gasteiger partial charge in [0, 0.05) is 0 Å². The van der Waals surface area contributed by atoms with Crippen LogP contribution in [-0.2, 0) is 6.54 Å². The number of aromatic nitrogens is 2. The third-order valence-corrected chi connectivity index (χ3v) is 3.72. The second kappa shape index (κ2) is 4.87. The summed E-state index contributed by atoms with van der Waals surface area (Å²) in [5, 5.41) is 13.0. The average Bonchev–Trinajstić information content (AvgIpc) is 2.64. The first-order valence-corrected chi connectivity index (χ1v) is 6.16. The number of hydrogen-bond acceptors (Lipinski definition) is 2. The van der Waals surface area contributed by atoms with Crippen molar-refractivity contribution in [1.29, 1.82) is 0 Å². The molecule has 0 aliphatic rings. The highest BCUT2D eigenvalue weighted by Crippen LogP contribution is 2.15. The molecule has 0 amide bonds. The lowest BCUT2D eigenvalue weighted by Gasteiger charge is -2.06. The first-order chi connectivity index (χ1) is 8.09. The summed E-state index contributed by atoms with van der Waals surface area (Å²) in [6.07, 6.45) is 1.39. The Balaban J connectivity index is 2.31. The lowest BCUT2D eigenvalue weighted by molar-refractivity contribution is 0.0695. The Morgan fingerprint density at radius 2 is 2.18 bits per heavy atom. The molecule has 2 aromatic rings. The lowest BCUT2D eigenvalue weighted by atomic mass is 10.1. The Morgan fingerprint density at radius 1 is 1.47 bits per heavy atom. The number of aromatic carboxylic acids is 1. The largest absolute Gasteiger partial charge is 0.478 e. The van der Waals surface area contributed by atoms with Crippen molar-refractivity contribution in [3.63, 3.8) is 0 Å². The Bertz CT molecular complexity index is 563. The normalized spacial score (nSPS) is 10.5. The van der Waals surface area contributed by atoms with Crippen LogP contribution in [0.3, 0.4) is 0 Å². The topological polar surface area (TPSA) is 55.1 Å². The van der Waals surface area contributed by atoms with Crippen molar-refractivity contribution in [1.82, 2.24) is 9.78 Å². The van der Waals surface area contributed by atoms with Crippen molar-refractivity contribution in [3.05, 3.63) is 50.9 Å². The average molecular weight is 342 g/mol. The van der Waals surface area contributed by atoms with Crippen molar-refractivity contribution in [3.8, 4) is 0 Å². The maximum atomic E-state index is 10.9. The molecule has 0 unspecified atom stereocenters. The van der Waals surface area contributed by atoms with Crippen LogP contribution in [0.4, 0.5) is 0 Å². The monoisotopic (exact) mass is 342 g/mol. The predicted octanol–water partition coefficient (Wildman–Crippen LogP) is 2.54. The van der Waals surface area contributed by atoms with Crippen molar-refractivity contribution in [2.45, 2.75) is 13.5 Å². The summed E-state index contributed by atoms with van der Waals surface area (Å²) in [7, 11) is 0. The van der Waals surface area contributed by atoms with Gasteiger partial charge in [-0.1, -0.05) is 24.3 Å². The highest BCUT2D eigenvalue weighted by molar-refractivity contribution is 14.1. The van der Waals surface area contributed by atoms with E-state index in [0.29, 0.717) is 10.2 Å². The van der Waals surface area contributed by atoms with Crippen molar-refractivity contribution in [2.24, 2.45) is 0 Å². The van der Waals surface area contributed by atoms with Gasteiger partial charge in [-0.2, -0.15) is 5.10 Å². The first-order valence-electron chi connectivity index (χ1n) is 5.08. The molecule has 0 saturated heterocycles. The molecular formula is C12H11IN2O2. The SMILES string of the molecule is Cc1ccccc1Cn1ncc(C(=O)O)c1I. The fourth-order valence-corrected chi connectivity index (χ4v) is 2.24. The molecule has 0 aliphatic carbocycles. The Morgan fingerprint density at radius 3 is 2.76 bits per heavy atom. The number of nitrogens with zero attached hydrogens (tertiary/aromatic N) is 2. The minimum absolute atomic E-state index is 0.249. The zero-order chi connectivity index (χ0) is 12.4. The Kier molecular flexibility index (Phi) is 3.46. The van der Waals surface area contributed by atoms with E-state index in [1.807, 2.05) is 53.8 Å². The van der Waals surface area contributed by atoms with Crippen molar-refractivity contribution in [2.75, 3.05) is 0 Å². The predicted molar refractivity (Wildman–Crippen MR) is 72.2 cm³/mol. The van der Waals surface area contributed by atoms with Gasteiger partial charge in [0.15, 0.2) is 0 Å². The summed E-state index contributed by atoms with van der Waals surface area (Å²) in [5.41, 5.74) is 2.57. The number of benzene rings is 1. The van der Waals surface area contributed by atoms with Gasteiger partial charge in [-0.25, -0.2) is 4.79 Å². The van der Waals surface area contributed by atoms with Gasteiger partial charge in [-0.05, 0) is 40.6 Å². The van der Waals surface area contributed by atoms with E-state index < -0.39 is 5.97 Å². The van der Waals surface area contributed by atoms with Gasteiger partial charge in [-0.3, -0.25) is 4.68 Å². The quantitative estimate of drug-likeness (QED) is 0.873. The highest BCUT2D eigenvalue weighted by Gasteiger charge is 2.14. The minimum atomic E-state index is -0.939. The minimum Gasteiger partial charge on any atom is -0.478 e. The fourth-order valence-electron chi connectivity index (χ4n) is 1.57. The molecule has 0 radical (unpaired) electrons. The zero-order valence-electron chi connectivity index (χ0n) is 9.22. The molecule has 17 heavy (non-hydrogen) atoms. The molecular weight excluding hydrogens is 331 g/mol. The number of aryl methyl sites for hydroxylation is 1. The molecule has 0 spiro atoms. The molecule has 0 saturated carbocycles. The number of carboxylic acids is 1. The van der Waals surface area contributed by atoms with Crippen molar-refractivity contribution < 1.29 is 9.90 Å². The molecule has 88 valence electrons. The van der Waals surface area contributed by atoms with Crippen LogP contribution in [0.15, 0.2) is 30.5 Å². The molecule has 1 aromatic heterocycles. The highest BCUT2D eigenvalue weighted by atomic mass is 127. The maximum absolute atomic E-state index is 10.9. The van der Waals surface area contributed by atoms with E-state index in [-0.39, 0.29) is 5.56 Å². The van der Waals surface area contributed by atoms with Crippen LogP contribution in [-0.4, -0.2) is 20.9 Å². The van der Waals surface area contributed by atoms with Crippen LogP contribution in [0.5, 0.6) is 0 Å². The summed E-state index contributed by atoms with van der Waals surface area (Å²) in [6.45, 7) is 2.63. The van der Waals surface area contributed by atoms with E-state index in [0.717, 1.165) is 5.56 Å². The second-order valence-electron chi connectivity index (χ2n) is 3.74. The second-order valence-corrected chi connectivity index (χ2v) is 4.76. The first kappa shape index (κ1) is 12.1. The summed E-state index contributed by atoms with van der Waals surface area (Å²) in [5.74, 6) is -0.939. The van der Waals surface area contributed by atoms with Gasteiger partial charge in [-0.15, -0.1) is 0 Å². The third-order valence-electron chi connectivity index (χ3n) is 2.59. The van der Waals surface area contributed by atoms with Gasteiger partial charge >= 0.3 is 5.97 Å². The van der Waals surface area contributed by atoms with Gasteiger partial charge < -0.3 is 5.11 Å². The van der Waals surface area contributed by atoms with Crippen LogP contribution in [0.25, 0.3) is 0 Å². The maximum Gasteiger partial charge on any atom is 0.340 e. The fraction of sp³-hybridized carbons (Fsp3) is 0.167. The van der Waals surface area contributed by atoms with Gasteiger partial charge in [0.25, 0.3) is 0 Å². The van der Waals surface area contributed by atoms with Gasteiger partial charge in [0.05, 0.1) is 12.7 Å². The van der Waals surface area contributed by atoms with E-state index in [4.69, 9.17) is 5.11 Å². The molecule has 0 bridgehead atoms. The van der Waals surface area contributed by atoms with Gasteiger partial charge in [0.2, 0.25) is 0 Å². The molecule has 1 aromatic carbocycles. The Hall–Kier alpha value is -1.37. The smallest absolute Gasteiger partial charge is 0.340 e. The van der Waals surface area contributed by atoms with Crippen molar-refractivity contribution >= 4 is 28.6 Å². The van der Waals surface area contributed by atoms with E-state index >= 15 is 0 Å². The number of halogens is 1. The van der Waals surface area contributed by atoms with Gasteiger partial charge in [0.1, 0.15) is 9.26 Å². The van der Waals surface area contributed by atoms with E-state index in [1.165, 1.54) is 11.8 Å². The van der Waals surface area contributed by atoms with Crippen LogP contribution in [0.1, 0.15) is 21.5 Å². The van der Waals surface area contributed by atoms with Crippen LogP contribution < -0.4 is 0 Å². The third kappa shape index (κ3) is 2.49. The van der Waals surface area contributed by atoms with E-state index in [1.54, 1.807) is 4.68 Å². The summed E-state index contributed by atoms with van der Waals surface area (Å²) < 4.78 is 2.35. The van der Waals surface area contributed by atoms with E-state index in [9.17, 15) is 4.79 Å². The number of hydrogen-bond donors (Lipinski definition) is 1. The zero-order valence-corrected chi connectivity index (χ0v) is 11.4. The molecule has 0 fully saturated rings. The molecule has 0 aliphatic heterocycles. The van der Waals surface area contributed by atoms with Crippen LogP contribution >= 0.6 is 22.6 Å². The van der Waals surface area contributed by atoms with Crippen LogP contribution in [0.2, 0.25) is 0 Å².